The molecule has 0 bridgehead atoms. The maximum Gasteiger partial charge on any atom is 0.309 e. The Hall–Kier alpha value is -5.26. The summed E-state index contributed by atoms with van der Waals surface area (Å²) in [6, 6.07) is 18.9. The monoisotopic (exact) mass is 728 g/mol. The Balaban J connectivity index is 1.28. The van der Waals surface area contributed by atoms with Crippen LogP contribution in [0.25, 0.3) is 0 Å². The van der Waals surface area contributed by atoms with Crippen LogP contribution in [0, 0.1) is 23.7 Å². The summed E-state index contributed by atoms with van der Waals surface area (Å²) in [6.07, 6.45) is 9.02. The molecule has 4 atom stereocenters. The second kappa shape index (κ2) is 21.3. The molecular formula is C41H52N4O8. The highest BCUT2D eigenvalue weighted by Crippen LogP contribution is 2.25. The number of rotatable bonds is 22. The number of imidazole rings is 2. The predicted molar refractivity (Wildman–Crippen MR) is 197 cm³/mol. The molecule has 0 N–H and O–H groups in total. The molecule has 12 nitrogen and oxygen atoms in total. The minimum atomic E-state index is -0.502. The third-order valence-electron chi connectivity index (χ3n) is 9.53. The van der Waals surface area contributed by atoms with Gasteiger partial charge in [0.1, 0.15) is 13.2 Å². The summed E-state index contributed by atoms with van der Waals surface area (Å²) in [5, 5.41) is 0. The van der Waals surface area contributed by atoms with E-state index in [1.165, 1.54) is 0 Å². The van der Waals surface area contributed by atoms with Crippen molar-refractivity contribution < 1.29 is 38.1 Å². The van der Waals surface area contributed by atoms with E-state index in [1.54, 1.807) is 25.0 Å². The number of benzene rings is 2. The zero-order chi connectivity index (χ0) is 38.0. The summed E-state index contributed by atoms with van der Waals surface area (Å²) in [4.78, 5) is 60.6. The molecule has 2 aromatic carbocycles. The van der Waals surface area contributed by atoms with Crippen LogP contribution >= 0.6 is 0 Å². The van der Waals surface area contributed by atoms with Crippen LogP contribution in [-0.2, 0) is 78.3 Å². The van der Waals surface area contributed by atoms with Gasteiger partial charge in [-0.25, -0.2) is 9.97 Å². The summed E-state index contributed by atoms with van der Waals surface area (Å²) in [6.45, 7) is 4.17. The van der Waals surface area contributed by atoms with Gasteiger partial charge in [-0.05, 0) is 43.2 Å². The molecule has 0 aliphatic rings. The van der Waals surface area contributed by atoms with Gasteiger partial charge < -0.3 is 28.1 Å². The first kappa shape index (κ1) is 40.5. The molecule has 0 aliphatic carbocycles. The van der Waals surface area contributed by atoms with Crippen LogP contribution in [0.1, 0.15) is 68.5 Å². The highest BCUT2D eigenvalue weighted by Gasteiger charge is 2.32. The molecule has 0 saturated carbocycles. The lowest BCUT2D eigenvalue weighted by Gasteiger charge is -2.25. The molecule has 4 rings (SSSR count). The van der Waals surface area contributed by atoms with Crippen LogP contribution in [0.2, 0.25) is 0 Å². The molecule has 2 aromatic heterocycles. The van der Waals surface area contributed by atoms with Crippen LogP contribution in [0.5, 0.6) is 0 Å². The minimum absolute atomic E-state index is 0.00458. The van der Waals surface area contributed by atoms with Crippen LogP contribution in [-0.4, -0.2) is 56.2 Å². The molecule has 0 spiro atoms. The number of aryl methyl sites for hydroxylation is 2. The summed E-state index contributed by atoms with van der Waals surface area (Å²) in [5.74, 6) is -3.32. The van der Waals surface area contributed by atoms with Crippen molar-refractivity contribution in [3.63, 3.8) is 0 Å². The number of carbonyl (C=O) groups excluding carboxylic acids is 4. The van der Waals surface area contributed by atoms with Crippen molar-refractivity contribution in [3.05, 3.63) is 108 Å². The van der Waals surface area contributed by atoms with Gasteiger partial charge in [0.15, 0.2) is 0 Å². The highest BCUT2D eigenvalue weighted by molar-refractivity contribution is 5.74. The van der Waals surface area contributed by atoms with Gasteiger partial charge in [-0.3, -0.25) is 19.2 Å². The standard InChI is InChI=1S/C41H52N4O8/c1-5-36(40(48)52-24-30-14-9-7-10-15-30)32(20-34-22-42-28-44(34)3)26-50-38(46)18-13-19-39(47)51-27-33(21-35-23-43-29-45(35)4)37(6-2)41(49)53-25-31-16-11-8-12-17-31/h7-12,14-17,22-23,28-29,32-33,36-37H,5-6,13,18-21,24-27H2,1-4H3/t32-,33-,36-,37-/m0/s1. The first-order chi connectivity index (χ1) is 25.7. The average molecular weight is 729 g/mol. The van der Waals surface area contributed by atoms with Crippen molar-refractivity contribution in [3.8, 4) is 0 Å². The Bertz CT molecular complexity index is 1600. The number of hydrogen-bond acceptors (Lipinski definition) is 10. The normalized spacial score (nSPS) is 13.4. The van der Waals surface area contributed by atoms with Crippen molar-refractivity contribution in [2.24, 2.45) is 37.8 Å². The van der Waals surface area contributed by atoms with Crippen molar-refractivity contribution in [2.75, 3.05) is 13.2 Å². The van der Waals surface area contributed by atoms with Crippen molar-refractivity contribution in [1.82, 2.24) is 19.1 Å². The van der Waals surface area contributed by atoms with E-state index in [9.17, 15) is 19.2 Å². The molecule has 0 unspecified atom stereocenters. The van der Waals surface area contributed by atoms with Crippen LogP contribution in [0.4, 0.5) is 0 Å². The van der Waals surface area contributed by atoms with Gasteiger partial charge in [-0.1, -0.05) is 74.5 Å². The Kier molecular flexibility index (Phi) is 16.3. The third-order valence-corrected chi connectivity index (χ3v) is 9.53. The summed E-state index contributed by atoms with van der Waals surface area (Å²) >= 11 is 0. The third kappa shape index (κ3) is 13.0. The van der Waals surface area contributed by atoms with Crippen molar-refractivity contribution >= 4 is 23.9 Å². The van der Waals surface area contributed by atoms with Gasteiger partial charge in [0, 0.05) is 62.6 Å². The van der Waals surface area contributed by atoms with E-state index < -0.39 is 23.8 Å². The maximum atomic E-state index is 13.2. The molecule has 0 fully saturated rings. The van der Waals surface area contributed by atoms with E-state index >= 15 is 0 Å². The SMILES string of the molecule is CC[C@H](C(=O)OCc1ccccc1)[C@H](COC(=O)CCCC(=O)OC[C@H](Cc1cncn1C)[C@H](CC)C(=O)OCc1ccccc1)Cc1cncn1C. The van der Waals surface area contributed by atoms with Gasteiger partial charge in [0.25, 0.3) is 0 Å². The zero-order valence-electron chi connectivity index (χ0n) is 31.2. The smallest absolute Gasteiger partial charge is 0.309 e. The Labute approximate surface area is 311 Å². The summed E-state index contributed by atoms with van der Waals surface area (Å²) in [5.41, 5.74) is 3.58. The van der Waals surface area contributed by atoms with Crippen LogP contribution < -0.4 is 0 Å². The van der Waals surface area contributed by atoms with E-state index in [4.69, 9.17) is 18.9 Å². The number of hydrogen-bond donors (Lipinski definition) is 0. The first-order valence-electron chi connectivity index (χ1n) is 18.3. The molecule has 0 aliphatic heterocycles. The molecule has 4 aromatic rings. The van der Waals surface area contributed by atoms with E-state index in [2.05, 4.69) is 9.97 Å². The van der Waals surface area contributed by atoms with Gasteiger partial charge in [0.2, 0.25) is 0 Å². The molecular weight excluding hydrogens is 676 g/mol. The second-order valence-corrected chi connectivity index (χ2v) is 13.4. The fourth-order valence-corrected chi connectivity index (χ4v) is 6.31. The summed E-state index contributed by atoms with van der Waals surface area (Å²) in [7, 11) is 3.75. The largest absolute Gasteiger partial charge is 0.465 e. The molecule has 0 radical (unpaired) electrons. The van der Waals surface area contributed by atoms with E-state index in [-0.39, 0.29) is 69.5 Å². The molecule has 2 heterocycles. The lowest BCUT2D eigenvalue weighted by atomic mass is 9.87. The number of nitrogens with zero attached hydrogens (tertiary/aromatic N) is 4. The second-order valence-electron chi connectivity index (χ2n) is 13.4. The van der Waals surface area contributed by atoms with Crippen LogP contribution in [0.15, 0.2) is 85.7 Å². The number of esters is 4. The predicted octanol–water partition coefficient (Wildman–Crippen LogP) is 5.97. The first-order valence-corrected chi connectivity index (χ1v) is 18.3. The topological polar surface area (TPSA) is 141 Å². The maximum absolute atomic E-state index is 13.2. The molecule has 0 amide bonds. The summed E-state index contributed by atoms with van der Waals surface area (Å²) < 4.78 is 26.4. The lowest BCUT2D eigenvalue weighted by molar-refractivity contribution is -0.157. The van der Waals surface area contributed by atoms with Gasteiger partial charge >= 0.3 is 23.9 Å². The Morgan fingerprint density at radius 3 is 1.34 bits per heavy atom. The molecule has 53 heavy (non-hydrogen) atoms. The molecule has 284 valence electrons. The van der Waals surface area contributed by atoms with Crippen LogP contribution in [0.3, 0.4) is 0 Å². The zero-order valence-corrected chi connectivity index (χ0v) is 31.2. The highest BCUT2D eigenvalue weighted by atomic mass is 16.5. The minimum Gasteiger partial charge on any atom is -0.465 e. The van der Waals surface area contributed by atoms with Crippen molar-refractivity contribution in [2.45, 2.75) is 72.0 Å². The quantitative estimate of drug-likeness (QED) is 0.0703. The van der Waals surface area contributed by atoms with Gasteiger partial charge in [0.05, 0.1) is 37.7 Å². The lowest BCUT2D eigenvalue weighted by Crippen LogP contribution is -2.31. The van der Waals surface area contributed by atoms with Gasteiger partial charge in [-0.15, -0.1) is 0 Å². The Morgan fingerprint density at radius 1 is 0.604 bits per heavy atom. The van der Waals surface area contributed by atoms with Gasteiger partial charge in [-0.2, -0.15) is 0 Å². The average Bonchev–Trinajstić information content (AvgIpc) is 3.78. The Morgan fingerprint density at radius 2 is 1.00 bits per heavy atom. The van der Waals surface area contributed by atoms with E-state index in [1.807, 2.05) is 97.7 Å². The number of carbonyl (C=O) groups is 4. The van der Waals surface area contributed by atoms with E-state index in [0.717, 1.165) is 22.5 Å². The number of ether oxygens (including phenoxy) is 4. The van der Waals surface area contributed by atoms with Crippen molar-refractivity contribution in [1.29, 1.82) is 0 Å². The number of aromatic nitrogens is 4. The fourth-order valence-electron chi connectivity index (χ4n) is 6.31. The molecule has 0 saturated heterocycles. The fraction of sp³-hybridized carbons (Fsp3) is 0.463. The van der Waals surface area contributed by atoms with E-state index in [0.29, 0.717) is 25.7 Å². The molecule has 12 heteroatoms.